The molecule has 0 bridgehead atoms. The van der Waals surface area contributed by atoms with E-state index in [1.165, 1.54) is 23.1 Å². The molecule has 0 fully saturated rings. The van der Waals surface area contributed by atoms with Gasteiger partial charge in [-0.05, 0) is 19.1 Å². The number of thioether (sulfide) groups is 1. The van der Waals surface area contributed by atoms with E-state index in [0.717, 1.165) is 10.2 Å². The third-order valence-electron chi connectivity index (χ3n) is 4.41. The van der Waals surface area contributed by atoms with Crippen LogP contribution in [-0.2, 0) is 11.3 Å². The second-order valence-electron chi connectivity index (χ2n) is 6.35. The van der Waals surface area contributed by atoms with Crippen LogP contribution >= 0.6 is 23.1 Å². The number of hydrogen-bond donors (Lipinski definition) is 1. The van der Waals surface area contributed by atoms with Crippen LogP contribution in [0.5, 0.6) is 11.5 Å². The van der Waals surface area contributed by atoms with Gasteiger partial charge in [-0.15, -0.1) is 10.2 Å². The molecule has 0 radical (unpaired) electrons. The van der Waals surface area contributed by atoms with Gasteiger partial charge in [0.15, 0.2) is 33.4 Å². The summed E-state index contributed by atoms with van der Waals surface area (Å²) in [4.78, 5) is 16.9. The molecular weight excluding hydrogens is 426 g/mol. The zero-order valence-corrected chi connectivity index (χ0v) is 17.6. The van der Waals surface area contributed by atoms with E-state index in [1.54, 1.807) is 12.3 Å². The predicted octanol–water partition coefficient (Wildman–Crippen LogP) is 3.67. The van der Waals surface area contributed by atoms with Crippen molar-refractivity contribution in [2.45, 2.75) is 18.6 Å². The van der Waals surface area contributed by atoms with Gasteiger partial charge in [-0.2, -0.15) is 0 Å². The summed E-state index contributed by atoms with van der Waals surface area (Å²) < 4.78 is 19.4. The third kappa shape index (κ3) is 3.61. The first-order chi connectivity index (χ1) is 14.7. The van der Waals surface area contributed by atoms with Crippen molar-refractivity contribution in [1.82, 2.24) is 19.7 Å². The van der Waals surface area contributed by atoms with E-state index in [4.69, 9.17) is 13.9 Å². The summed E-state index contributed by atoms with van der Waals surface area (Å²) in [6.45, 7) is 3.71. The Balaban J connectivity index is 1.27. The number of anilines is 1. The predicted molar refractivity (Wildman–Crippen MR) is 113 cm³/mol. The van der Waals surface area contributed by atoms with Gasteiger partial charge in [-0.3, -0.25) is 9.36 Å². The molecule has 9 nitrogen and oxygen atoms in total. The lowest BCUT2D eigenvalue weighted by molar-refractivity contribution is -0.113. The lowest BCUT2D eigenvalue weighted by Crippen LogP contribution is -2.15. The molecule has 0 spiro atoms. The SMILES string of the molecule is CCn1c(SCC(=O)Nc2nc3cc4c(cc3s2)OCCO4)nnc1-c1ccco1. The van der Waals surface area contributed by atoms with Crippen molar-refractivity contribution in [3.8, 4) is 23.1 Å². The molecule has 3 aromatic heterocycles. The number of carbonyl (C=O) groups is 1. The van der Waals surface area contributed by atoms with E-state index in [2.05, 4.69) is 20.5 Å². The van der Waals surface area contributed by atoms with E-state index in [9.17, 15) is 4.79 Å². The Bertz CT molecular complexity index is 1160. The molecule has 1 aliphatic heterocycles. The van der Waals surface area contributed by atoms with Gasteiger partial charge < -0.3 is 19.2 Å². The molecule has 4 aromatic rings. The van der Waals surface area contributed by atoms with Crippen molar-refractivity contribution in [2.24, 2.45) is 0 Å². The van der Waals surface area contributed by atoms with Crippen LogP contribution in [0.4, 0.5) is 5.13 Å². The van der Waals surface area contributed by atoms with Gasteiger partial charge in [0.2, 0.25) is 5.91 Å². The first-order valence-electron chi connectivity index (χ1n) is 9.31. The minimum Gasteiger partial charge on any atom is -0.486 e. The van der Waals surface area contributed by atoms with Gasteiger partial charge in [-0.25, -0.2) is 4.98 Å². The number of rotatable bonds is 6. The zero-order chi connectivity index (χ0) is 20.5. The largest absolute Gasteiger partial charge is 0.486 e. The van der Waals surface area contributed by atoms with Crippen molar-refractivity contribution in [3.63, 3.8) is 0 Å². The Morgan fingerprint density at radius 1 is 1.27 bits per heavy atom. The molecular formula is C19H17N5O4S2. The molecule has 0 aliphatic carbocycles. The number of carbonyl (C=O) groups excluding carboxylic acids is 1. The van der Waals surface area contributed by atoms with Crippen molar-refractivity contribution >= 4 is 44.4 Å². The second-order valence-corrected chi connectivity index (χ2v) is 8.32. The Hall–Kier alpha value is -3.05. The van der Waals surface area contributed by atoms with Crippen LogP contribution in [0.25, 0.3) is 21.8 Å². The maximum atomic E-state index is 12.5. The monoisotopic (exact) mass is 443 g/mol. The summed E-state index contributed by atoms with van der Waals surface area (Å²) in [7, 11) is 0. The number of amides is 1. The average Bonchev–Trinajstić information content (AvgIpc) is 3.48. The summed E-state index contributed by atoms with van der Waals surface area (Å²) >= 11 is 2.71. The highest BCUT2D eigenvalue weighted by atomic mass is 32.2. The van der Waals surface area contributed by atoms with Crippen molar-refractivity contribution in [2.75, 3.05) is 24.3 Å². The number of nitrogens with one attached hydrogen (secondary N) is 1. The van der Waals surface area contributed by atoms with Gasteiger partial charge in [0, 0.05) is 18.7 Å². The lowest BCUT2D eigenvalue weighted by atomic mass is 10.3. The van der Waals surface area contributed by atoms with E-state index < -0.39 is 0 Å². The number of nitrogens with zero attached hydrogens (tertiary/aromatic N) is 4. The first kappa shape index (κ1) is 18.9. The minimum absolute atomic E-state index is 0.165. The highest BCUT2D eigenvalue weighted by Crippen LogP contribution is 2.37. The molecule has 0 saturated heterocycles. The number of aromatic nitrogens is 4. The van der Waals surface area contributed by atoms with Crippen LogP contribution in [0, 0.1) is 0 Å². The van der Waals surface area contributed by atoms with E-state index in [0.29, 0.717) is 53.1 Å². The molecule has 0 saturated carbocycles. The van der Waals surface area contributed by atoms with Crippen LogP contribution in [0.2, 0.25) is 0 Å². The van der Waals surface area contributed by atoms with Gasteiger partial charge in [0.1, 0.15) is 13.2 Å². The number of benzene rings is 1. The molecule has 1 aromatic carbocycles. The summed E-state index contributed by atoms with van der Waals surface area (Å²) in [5.74, 6) is 2.70. The second kappa shape index (κ2) is 8.00. The van der Waals surface area contributed by atoms with Crippen molar-refractivity contribution < 1.29 is 18.7 Å². The smallest absolute Gasteiger partial charge is 0.236 e. The summed E-state index contributed by atoms with van der Waals surface area (Å²) in [5, 5.41) is 12.4. The fourth-order valence-electron chi connectivity index (χ4n) is 3.07. The fourth-order valence-corrected chi connectivity index (χ4v) is 4.77. The molecule has 0 unspecified atom stereocenters. The number of furan rings is 1. The van der Waals surface area contributed by atoms with Crippen LogP contribution < -0.4 is 14.8 Å². The summed E-state index contributed by atoms with van der Waals surface area (Å²) in [6.07, 6.45) is 1.59. The van der Waals surface area contributed by atoms with Crippen molar-refractivity contribution in [1.29, 1.82) is 0 Å². The van der Waals surface area contributed by atoms with E-state index in [1.807, 2.05) is 29.7 Å². The number of hydrogen-bond acceptors (Lipinski definition) is 9. The topological polar surface area (TPSA) is 104 Å². The van der Waals surface area contributed by atoms with Crippen LogP contribution in [0.15, 0.2) is 40.1 Å². The van der Waals surface area contributed by atoms with Gasteiger partial charge in [0.25, 0.3) is 0 Å². The molecule has 0 atom stereocenters. The summed E-state index contributed by atoms with van der Waals surface area (Å²) in [5.41, 5.74) is 0.765. The molecule has 30 heavy (non-hydrogen) atoms. The highest BCUT2D eigenvalue weighted by molar-refractivity contribution is 7.99. The molecule has 4 heterocycles. The molecule has 1 N–H and O–H groups in total. The molecule has 154 valence electrons. The quantitative estimate of drug-likeness (QED) is 0.450. The van der Waals surface area contributed by atoms with Crippen LogP contribution in [-0.4, -0.2) is 44.6 Å². The van der Waals surface area contributed by atoms with Crippen molar-refractivity contribution in [3.05, 3.63) is 30.5 Å². The first-order valence-corrected chi connectivity index (χ1v) is 11.1. The average molecular weight is 444 g/mol. The molecule has 5 rings (SSSR count). The van der Waals surface area contributed by atoms with Crippen LogP contribution in [0.3, 0.4) is 0 Å². The maximum absolute atomic E-state index is 12.5. The van der Waals surface area contributed by atoms with Gasteiger partial charge in [0.05, 0.1) is 22.2 Å². The molecule has 11 heteroatoms. The van der Waals surface area contributed by atoms with E-state index >= 15 is 0 Å². The Labute approximate surface area is 179 Å². The third-order valence-corrected chi connectivity index (χ3v) is 6.31. The maximum Gasteiger partial charge on any atom is 0.236 e. The van der Waals surface area contributed by atoms with E-state index in [-0.39, 0.29) is 11.7 Å². The Kier molecular flexibility index (Phi) is 5.05. The highest BCUT2D eigenvalue weighted by Gasteiger charge is 2.18. The fraction of sp³-hybridized carbons (Fsp3) is 0.263. The normalized spacial score (nSPS) is 13.0. The molecule has 1 aliphatic rings. The Morgan fingerprint density at radius 2 is 2.10 bits per heavy atom. The number of thiazole rings is 1. The van der Waals surface area contributed by atoms with Gasteiger partial charge >= 0.3 is 0 Å². The zero-order valence-electron chi connectivity index (χ0n) is 16.0. The van der Waals surface area contributed by atoms with Crippen LogP contribution in [0.1, 0.15) is 6.92 Å². The standard InChI is InChI=1S/C19H17N5O4S2/c1-2-24-17(12-4-3-5-26-12)22-23-19(24)29-10-16(25)21-18-20-11-8-13-14(9-15(11)30-18)28-7-6-27-13/h3-5,8-9H,2,6-7,10H2,1H3,(H,20,21,25). The van der Waals surface area contributed by atoms with Gasteiger partial charge in [-0.1, -0.05) is 23.1 Å². The molecule has 1 amide bonds. The Morgan fingerprint density at radius 3 is 2.87 bits per heavy atom. The number of fused-ring (bicyclic) bond motifs is 2. The lowest BCUT2D eigenvalue weighted by Gasteiger charge is -2.17. The summed E-state index contributed by atoms with van der Waals surface area (Å²) in [6, 6.07) is 7.37. The minimum atomic E-state index is -0.165. The number of ether oxygens (including phenoxy) is 2.